The van der Waals surface area contributed by atoms with Gasteiger partial charge >= 0.3 is 6.03 Å². The number of aromatic nitrogens is 4. The van der Waals surface area contributed by atoms with Crippen LogP contribution in [0.25, 0.3) is 21.8 Å². The molecule has 51 heavy (non-hydrogen) atoms. The summed E-state index contributed by atoms with van der Waals surface area (Å²) in [5, 5.41) is 9.59. The van der Waals surface area contributed by atoms with E-state index in [2.05, 4.69) is 42.0 Å². The summed E-state index contributed by atoms with van der Waals surface area (Å²) in [4.78, 5) is 42.4. The van der Waals surface area contributed by atoms with Gasteiger partial charge in [-0.25, -0.2) is 33.5 Å². The van der Waals surface area contributed by atoms with Crippen LogP contribution in [0.4, 0.5) is 25.0 Å². The van der Waals surface area contributed by atoms with Crippen molar-refractivity contribution in [1.29, 1.82) is 0 Å². The number of amides is 3. The van der Waals surface area contributed by atoms with E-state index in [4.69, 9.17) is 9.47 Å². The van der Waals surface area contributed by atoms with Gasteiger partial charge in [-0.1, -0.05) is 18.2 Å². The van der Waals surface area contributed by atoms with E-state index in [1.54, 1.807) is 30.6 Å². The van der Waals surface area contributed by atoms with Gasteiger partial charge in [0, 0.05) is 41.9 Å². The van der Waals surface area contributed by atoms with Crippen molar-refractivity contribution in [3.8, 4) is 17.4 Å². The molecule has 0 unspecified atom stereocenters. The van der Waals surface area contributed by atoms with E-state index in [1.807, 2.05) is 19.1 Å². The maximum absolute atomic E-state index is 15.2. The van der Waals surface area contributed by atoms with E-state index in [9.17, 15) is 14.0 Å². The lowest BCUT2D eigenvalue weighted by molar-refractivity contribution is -0.116. The molecular formula is C38H35F2N7O4. The number of rotatable bonds is 13. The first-order valence-corrected chi connectivity index (χ1v) is 16.4. The molecule has 2 aromatic heterocycles. The quantitative estimate of drug-likeness (QED) is 0.105. The number of ether oxygens (including phenoxy) is 2. The van der Waals surface area contributed by atoms with Gasteiger partial charge < -0.3 is 25.4 Å². The third kappa shape index (κ3) is 8.87. The van der Waals surface area contributed by atoms with Gasteiger partial charge in [-0.05, 0) is 86.2 Å². The smallest absolute Gasteiger partial charge is 0.319 e. The lowest BCUT2D eigenvalue weighted by Gasteiger charge is -2.14. The lowest BCUT2D eigenvalue weighted by Crippen LogP contribution is -2.30. The van der Waals surface area contributed by atoms with Gasteiger partial charge in [-0.2, -0.15) is 0 Å². The van der Waals surface area contributed by atoms with Gasteiger partial charge in [0.15, 0.2) is 11.6 Å². The SMILES string of the molecule is COc1cc2ncnc(Oc3ccc(NC(=O)NCCc4cccc(F)c4)cc3F)c2cc1NC(=O)CCCCc1ccc2ncnc(C)c2c1. The number of unbranched alkanes of at least 4 members (excludes halogenated alkanes) is 1. The minimum absolute atomic E-state index is 0.0591. The number of aryl methyl sites for hydroxylation is 2. The first-order chi connectivity index (χ1) is 24.7. The van der Waals surface area contributed by atoms with Gasteiger partial charge in [0.1, 0.15) is 24.2 Å². The summed E-state index contributed by atoms with van der Waals surface area (Å²) in [5.74, 6) is -0.967. The zero-order chi connectivity index (χ0) is 35.7. The Kier molecular flexibility index (Phi) is 10.8. The number of nitrogens with one attached hydrogen (secondary N) is 3. The van der Waals surface area contributed by atoms with Crippen molar-refractivity contribution in [3.63, 3.8) is 0 Å². The number of fused-ring (bicyclic) bond motifs is 2. The molecule has 0 atom stereocenters. The van der Waals surface area contributed by atoms with Crippen molar-refractivity contribution in [2.75, 3.05) is 24.3 Å². The molecule has 3 amide bonds. The fourth-order valence-electron chi connectivity index (χ4n) is 5.58. The second kappa shape index (κ2) is 16.0. The molecule has 4 aromatic carbocycles. The zero-order valence-corrected chi connectivity index (χ0v) is 28.0. The van der Waals surface area contributed by atoms with Crippen molar-refractivity contribution in [3.05, 3.63) is 114 Å². The van der Waals surface area contributed by atoms with Crippen LogP contribution in [0.2, 0.25) is 0 Å². The van der Waals surface area contributed by atoms with Crippen LogP contribution in [0, 0.1) is 18.6 Å². The van der Waals surface area contributed by atoms with E-state index >= 15 is 4.39 Å². The van der Waals surface area contributed by atoms with E-state index in [0.29, 0.717) is 41.6 Å². The van der Waals surface area contributed by atoms with Crippen molar-refractivity contribution >= 4 is 45.1 Å². The maximum Gasteiger partial charge on any atom is 0.319 e. The molecule has 13 heteroatoms. The molecule has 11 nitrogen and oxygen atoms in total. The predicted octanol–water partition coefficient (Wildman–Crippen LogP) is 7.68. The Labute approximate surface area is 292 Å². The fraction of sp³-hybridized carbons (Fsp3) is 0.211. The summed E-state index contributed by atoms with van der Waals surface area (Å²) < 4.78 is 39.9. The molecule has 260 valence electrons. The van der Waals surface area contributed by atoms with Gasteiger partial charge in [0.2, 0.25) is 11.8 Å². The molecule has 0 radical (unpaired) electrons. The molecule has 0 fully saturated rings. The van der Waals surface area contributed by atoms with E-state index in [0.717, 1.165) is 46.6 Å². The molecule has 0 spiro atoms. The number of hydrogen-bond donors (Lipinski definition) is 3. The zero-order valence-electron chi connectivity index (χ0n) is 28.0. The predicted molar refractivity (Wildman–Crippen MR) is 190 cm³/mol. The number of anilines is 2. The average Bonchev–Trinajstić information content (AvgIpc) is 3.11. The highest BCUT2D eigenvalue weighted by Crippen LogP contribution is 2.35. The first kappa shape index (κ1) is 34.6. The van der Waals surface area contributed by atoms with Crippen molar-refractivity contribution in [2.45, 2.75) is 39.0 Å². The Morgan fingerprint density at radius 2 is 1.59 bits per heavy atom. The Balaban J connectivity index is 1.06. The van der Waals surface area contributed by atoms with Crippen LogP contribution in [-0.4, -0.2) is 45.5 Å². The highest BCUT2D eigenvalue weighted by Gasteiger charge is 2.16. The third-order valence-electron chi connectivity index (χ3n) is 8.20. The number of methoxy groups -OCH3 is 1. The largest absolute Gasteiger partial charge is 0.494 e. The van der Waals surface area contributed by atoms with Crippen LogP contribution in [0.1, 0.15) is 36.1 Å². The van der Waals surface area contributed by atoms with Crippen LogP contribution in [-0.2, 0) is 17.6 Å². The minimum Gasteiger partial charge on any atom is -0.494 e. The lowest BCUT2D eigenvalue weighted by atomic mass is 10.0. The van der Waals surface area contributed by atoms with Crippen LogP contribution in [0.3, 0.4) is 0 Å². The third-order valence-corrected chi connectivity index (χ3v) is 8.20. The van der Waals surface area contributed by atoms with Crippen molar-refractivity contribution < 1.29 is 27.8 Å². The number of carbonyl (C=O) groups excluding carboxylic acids is 2. The Bertz CT molecular complexity index is 2220. The van der Waals surface area contributed by atoms with Gasteiger partial charge in [-0.15, -0.1) is 0 Å². The molecule has 0 saturated carbocycles. The van der Waals surface area contributed by atoms with Crippen LogP contribution in [0.5, 0.6) is 17.4 Å². The maximum atomic E-state index is 15.2. The summed E-state index contributed by atoms with van der Waals surface area (Å²) in [5.41, 5.74) is 4.78. The topological polar surface area (TPSA) is 140 Å². The molecule has 0 bridgehead atoms. The minimum atomic E-state index is -0.742. The molecule has 0 aliphatic heterocycles. The fourth-order valence-corrected chi connectivity index (χ4v) is 5.58. The number of urea groups is 1. The molecule has 0 aliphatic rings. The summed E-state index contributed by atoms with van der Waals surface area (Å²) in [7, 11) is 1.49. The number of nitrogens with zero attached hydrogens (tertiary/aromatic N) is 4. The molecule has 0 aliphatic carbocycles. The van der Waals surface area contributed by atoms with Gasteiger partial charge in [-0.3, -0.25) is 4.79 Å². The Morgan fingerprint density at radius 1 is 0.765 bits per heavy atom. The molecule has 6 aromatic rings. The van der Waals surface area contributed by atoms with Crippen molar-refractivity contribution in [1.82, 2.24) is 25.3 Å². The summed E-state index contributed by atoms with van der Waals surface area (Å²) in [6, 6.07) is 18.9. The second-order valence-electron chi connectivity index (χ2n) is 11.8. The normalized spacial score (nSPS) is 11.0. The Morgan fingerprint density at radius 3 is 2.41 bits per heavy atom. The van der Waals surface area contributed by atoms with Crippen LogP contribution < -0.4 is 25.4 Å². The molecule has 6 rings (SSSR count). The Hall–Kier alpha value is -6.24. The van der Waals surface area contributed by atoms with E-state index in [1.165, 1.54) is 37.7 Å². The van der Waals surface area contributed by atoms with Gasteiger partial charge in [0.05, 0.1) is 29.2 Å². The van der Waals surface area contributed by atoms with E-state index in [-0.39, 0.29) is 35.6 Å². The second-order valence-corrected chi connectivity index (χ2v) is 11.8. The van der Waals surface area contributed by atoms with Crippen LogP contribution >= 0.6 is 0 Å². The first-order valence-electron chi connectivity index (χ1n) is 16.4. The summed E-state index contributed by atoms with van der Waals surface area (Å²) >= 11 is 0. The van der Waals surface area contributed by atoms with Crippen molar-refractivity contribution in [2.24, 2.45) is 0 Å². The monoisotopic (exact) mass is 691 g/mol. The summed E-state index contributed by atoms with van der Waals surface area (Å²) in [6.45, 7) is 2.22. The molecule has 3 N–H and O–H groups in total. The molecular weight excluding hydrogens is 656 g/mol. The van der Waals surface area contributed by atoms with E-state index < -0.39 is 11.8 Å². The molecule has 2 heterocycles. The number of hydrogen-bond acceptors (Lipinski definition) is 8. The number of halogens is 2. The standard InChI is InChI=1S/C38H35F2N7O4/c1-23-28-17-24(10-12-31(28)43-21-42-23)6-3-4-9-36(48)47-33-19-29-32(20-35(33)50-2)44-22-45-37(29)51-34-13-11-27(18-30(34)40)46-38(49)41-15-14-25-7-5-8-26(39)16-25/h5,7-8,10-13,16-22H,3-4,6,9,14-15H2,1-2H3,(H,47,48)(H2,41,46,49). The van der Waals surface area contributed by atoms with Gasteiger partial charge in [0.25, 0.3) is 0 Å². The highest BCUT2D eigenvalue weighted by atomic mass is 19.1. The average molecular weight is 692 g/mol. The van der Waals surface area contributed by atoms with Crippen LogP contribution in [0.15, 0.2) is 85.5 Å². The summed E-state index contributed by atoms with van der Waals surface area (Å²) in [6.07, 6.45) is 5.86. The number of carbonyl (C=O) groups is 2. The number of benzene rings is 4. The highest BCUT2D eigenvalue weighted by molar-refractivity contribution is 5.97. The molecule has 0 saturated heterocycles.